The number of ether oxygens (including phenoxy) is 2. The van der Waals surface area contributed by atoms with E-state index in [0.29, 0.717) is 30.5 Å². The summed E-state index contributed by atoms with van der Waals surface area (Å²) >= 11 is 6.28. The molecule has 0 saturated carbocycles. The fourth-order valence-electron chi connectivity index (χ4n) is 2.36. The predicted octanol–water partition coefficient (Wildman–Crippen LogP) is 2.71. The van der Waals surface area contributed by atoms with Gasteiger partial charge in [-0.2, -0.15) is 0 Å². The quantitative estimate of drug-likeness (QED) is 0.877. The molecule has 1 aliphatic heterocycles. The van der Waals surface area contributed by atoms with Crippen LogP contribution in [0, 0.1) is 0 Å². The van der Waals surface area contributed by atoms with Crippen molar-refractivity contribution in [2.45, 2.75) is 26.3 Å². The van der Waals surface area contributed by atoms with Crippen LogP contribution in [0.25, 0.3) is 0 Å². The van der Waals surface area contributed by atoms with Crippen molar-refractivity contribution < 1.29 is 14.6 Å². The van der Waals surface area contributed by atoms with Crippen molar-refractivity contribution in [2.24, 2.45) is 0 Å². The summed E-state index contributed by atoms with van der Waals surface area (Å²) in [5.41, 5.74) is 1.08. The third-order valence-corrected chi connectivity index (χ3v) is 3.50. The molecule has 0 radical (unpaired) electrons. The molecule has 5 heteroatoms. The van der Waals surface area contributed by atoms with Gasteiger partial charge < -0.3 is 14.6 Å². The Bertz CT molecular complexity index is 433. The van der Waals surface area contributed by atoms with Crippen molar-refractivity contribution in [2.75, 3.05) is 32.9 Å². The molecular weight excluding hydrogens is 278 g/mol. The number of benzene rings is 1. The molecule has 0 saturated heterocycles. The Labute approximate surface area is 125 Å². The van der Waals surface area contributed by atoms with E-state index >= 15 is 0 Å². The van der Waals surface area contributed by atoms with Gasteiger partial charge in [0.25, 0.3) is 0 Å². The lowest BCUT2D eigenvalue weighted by Crippen LogP contribution is -2.27. The zero-order valence-electron chi connectivity index (χ0n) is 11.9. The summed E-state index contributed by atoms with van der Waals surface area (Å²) < 4.78 is 11.3. The van der Waals surface area contributed by atoms with Crippen LogP contribution in [-0.4, -0.2) is 42.9 Å². The van der Waals surface area contributed by atoms with E-state index in [1.807, 2.05) is 12.1 Å². The normalized spacial score (nSPS) is 14.4. The summed E-state index contributed by atoms with van der Waals surface area (Å²) in [5.74, 6) is 1.38. The number of halogens is 1. The van der Waals surface area contributed by atoms with Gasteiger partial charge in [-0.1, -0.05) is 18.5 Å². The zero-order chi connectivity index (χ0) is 14.4. The second-order valence-electron chi connectivity index (χ2n) is 4.96. The molecule has 1 heterocycles. The van der Waals surface area contributed by atoms with Crippen molar-refractivity contribution in [1.29, 1.82) is 0 Å². The molecular formula is C15H22ClNO3. The van der Waals surface area contributed by atoms with Crippen LogP contribution < -0.4 is 9.47 Å². The van der Waals surface area contributed by atoms with Gasteiger partial charge in [0.05, 0.1) is 24.8 Å². The van der Waals surface area contributed by atoms with Crippen molar-refractivity contribution in [3.05, 3.63) is 22.7 Å². The second-order valence-corrected chi connectivity index (χ2v) is 5.36. The summed E-state index contributed by atoms with van der Waals surface area (Å²) in [6, 6.07) is 3.92. The van der Waals surface area contributed by atoms with E-state index in [4.69, 9.17) is 26.2 Å². The number of nitrogens with zero attached hydrogens (tertiary/aromatic N) is 1. The highest BCUT2D eigenvalue weighted by Gasteiger charge is 2.16. The van der Waals surface area contributed by atoms with Crippen LogP contribution >= 0.6 is 11.6 Å². The molecule has 20 heavy (non-hydrogen) atoms. The highest BCUT2D eigenvalue weighted by Crippen LogP contribution is 2.38. The smallest absolute Gasteiger partial charge is 0.179 e. The SMILES string of the molecule is CCCN(CCO)Cc1cc(Cl)c2c(c1)OCCCO2. The maximum absolute atomic E-state index is 9.11. The standard InChI is InChI=1S/C15H22ClNO3/c1-2-4-17(5-6-18)11-12-9-13(16)15-14(10-12)19-7-3-8-20-15/h9-10,18H,2-8,11H2,1H3. The molecule has 1 aliphatic rings. The Balaban J connectivity index is 2.15. The molecule has 0 aliphatic carbocycles. The van der Waals surface area contributed by atoms with Gasteiger partial charge in [-0.3, -0.25) is 4.90 Å². The molecule has 0 aromatic heterocycles. The van der Waals surface area contributed by atoms with Crippen molar-refractivity contribution in [3.63, 3.8) is 0 Å². The van der Waals surface area contributed by atoms with Gasteiger partial charge in [-0.05, 0) is 30.7 Å². The van der Waals surface area contributed by atoms with Crippen molar-refractivity contribution in [1.82, 2.24) is 4.90 Å². The van der Waals surface area contributed by atoms with E-state index in [-0.39, 0.29) is 6.61 Å². The molecule has 4 nitrogen and oxygen atoms in total. The number of aliphatic hydroxyl groups is 1. The second kappa shape index (κ2) is 7.72. The van der Waals surface area contributed by atoms with Crippen LogP contribution in [0.3, 0.4) is 0 Å². The lowest BCUT2D eigenvalue weighted by molar-refractivity contribution is 0.190. The Hall–Kier alpha value is -0.970. The van der Waals surface area contributed by atoms with Gasteiger partial charge >= 0.3 is 0 Å². The first-order chi connectivity index (χ1) is 9.74. The molecule has 0 fully saturated rings. The Morgan fingerprint density at radius 3 is 2.80 bits per heavy atom. The molecule has 0 spiro atoms. The molecule has 0 amide bonds. The van der Waals surface area contributed by atoms with Gasteiger partial charge in [0.15, 0.2) is 11.5 Å². The molecule has 2 rings (SSSR count). The number of hydrogen-bond donors (Lipinski definition) is 1. The summed E-state index contributed by atoms with van der Waals surface area (Å²) in [5, 5.41) is 9.71. The topological polar surface area (TPSA) is 41.9 Å². The average molecular weight is 300 g/mol. The van der Waals surface area contributed by atoms with Gasteiger partial charge in [-0.25, -0.2) is 0 Å². The van der Waals surface area contributed by atoms with Gasteiger partial charge in [0.1, 0.15) is 0 Å². The first-order valence-electron chi connectivity index (χ1n) is 7.15. The van der Waals surface area contributed by atoms with Crippen LogP contribution in [0.4, 0.5) is 0 Å². The summed E-state index contributed by atoms with van der Waals surface area (Å²) in [6.07, 6.45) is 1.92. The highest BCUT2D eigenvalue weighted by atomic mass is 35.5. The fraction of sp³-hybridized carbons (Fsp3) is 0.600. The molecule has 1 N–H and O–H groups in total. The van der Waals surface area contributed by atoms with E-state index in [1.54, 1.807) is 0 Å². The third-order valence-electron chi connectivity index (χ3n) is 3.22. The molecule has 0 atom stereocenters. The Morgan fingerprint density at radius 1 is 1.25 bits per heavy atom. The van der Waals surface area contributed by atoms with Gasteiger partial charge in [-0.15, -0.1) is 0 Å². The van der Waals surface area contributed by atoms with Crippen LogP contribution in [0.2, 0.25) is 5.02 Å². The summed E-state index contributed by atoms with van der Waals surface area (Å²) in [6.45, 7) is 5.96. The number of aliphatic hydroxyl groups excluding tert-OH is 1. The van der Waals surface area contributed by atoms with Crippen LogP contribution in [0.15, 0.2) is 12.1 Å². The van der Waals surface area contributed by atoms with E-state index in [2.05, 4.69) is 11.8 Å². The number of rotatable bonds is 6. The molecule has 1 aromatic carbocycles. The van der Waals surface area contributed by atoms with Crippen LogP contribution in [0.5, 0.6) is 11.5 Å². The van der Waals surface area contributed by atoms with E-state index in [1.165, 1.54) is 0 Å². The Kier molecular flexibility index (Phi) is 5.95. The largest absolute Gasteiger partial charge is 0.489 e. The fourth-order valence-corrected chi connectivity index (χ4v) is 2.65. The third kappa shape index (κ3) is 4.01. The maximum atomic E-state index is 9.11. The minimum atomic E-state index is 0.165. The minimum Gasteiger partial charge on any atom is -0.489 e. The van der Waals surface area contributed by atoms with Crippen molar-refractivity contribution >= 4 is 11.6 Å². The van der Waals surface area contributed by atoms with Gasteiger partial charge in [0.2, 0.25) is 0 Å². The molecule has 0 unspecified atom stereocenters. The average Bonchev–Trinajstić information content (AvgIpc) is 2.65. The first kappa shape index (κ1) is 15.4. The molecule has 1 aromatic rings. The highest BCUT2D eigenvalue weighted by molar-refractivity contribution is 6.32. The minimum absolute atomic E-state index is 0.165. The predicted molar refractivity (Wildman–Crippen MR) is 79.7 cm³/mol. The van der Waals surface area contributed by atoms with Crippen LogP contribution in [0.1, 0.15) is 25.3 Å². The van der Waals surface area contributed by atoms with E-state index in [9.17, 15) is 0 Å². The van der Waals surface area contributed by atoms with Gasteiger partial charge in [0, 0.05) is 19.5 Å². The Morgan fingerprint density at radius 2 is 2.05 bits per heavy atom. The lowest BCUT2D eigenvalue weighted by atomic mass is 10.1. The van der Waals surface area contributed by atoms with Crippen LogP contribution in [-0.2, 0) is 6.54 Å². The maximum Gasteiger partial charge on any atom is 0.179 e. The molecule has 112 valence electrons. The summed E-state index contributed by atoms with van der Waals surface area (Å²) in [4.78, 5) is 2.20. The summed E-state index contributed by atoms with van der Waals surface area (Å²) in [7, 11) is 0. The zero-order valence-corrected chi connectivity index (χ0v) is 12.7. The molecule has 0 bridgehead atoms. The number of fused-ring (bicyclic) bond motifs is 1. The first-order valence-corrected chi connectivity index (χ1v) is 7.53. The van der Waals surface area contributed by atoms with E-state index in [0.717, 1.165) is 37.2 Å². The van der Waals surface area contributed by atoms with Crippen molar-refractivity contribution in [3.8, 4) is 11.5 Å². The monoisotopic (exact) mass is 299 g/mol. The van der Waals surface area contributed by atoms with E-state index < -0.39 is 0 Å². The lowest BCUT2D eigenvalue weighted by Gasteiger charge is -2.21. The number of hydrogen-bond acceptors (Lipinski definition) is 4.